The van der Waals surface area contributed by atoms with Crippen molar-refractivity contribution in [1.82, 2.24) is 4.98 Å². The van der Waals surface area contributed by atoms with Crippen LogP contribution in [0.2, 0.25) is 0 Å². The van der Waals surface area contributed by atoms with Crippen LogP contribution >= 0.6 is 31.9 Å². The molecule has 0 saturated heterocycles. The standard InChI is InChI=1S/C14H14Br2N2/c1-2-10-3-5-12(6-4-10)17-9-14-13(16)7-11(15)8-18-14/h3-8,17H,2,9H2,1H3. The van der Waals surface area contributed by atoms with E-state index in [1.807, 2.05) is 12.3 Å². The van der Waals surface area contributed by atoms with Crippen LogP contribution in [0, 0.1) is 0 Å². The molecule has 0 radical (unpaired) electrons. The molecular weight excluding hydrogens is 356 g/mol. The SMILES string of the molecule is CCc1ccc(NCc2ncc(Br)cc2Br)cc1. The Morgan fingerprint density at radius 2 is 1.89 bits per heavy atom. The van der Waals surface area contributed by atoms with Crippen molar-refractivity contribution in [3.8, 4) is 0 Å². The minimum absolute atomic E-state index is 0.708. The van der Waals surface area contributed by atoms with E-state index in [4.69, 9.17) is 0 Å². The second kappa shape index (κ2) is 6.34. The highest BCUT2D eigenvalue weighted by Crippen LogP contribution is 2.20. The van der Waals surface area contributed by atoms with Crippen LogP contribution in [0.15, 0.2) is 45.5 Å². The molecule has 2 aromatic rings. The number of halogens is 2. The average Bonchev–Trinajstić information content (AvgIpc) is 2.38. The average molecular weight is 370 g/mol. The van der Waals surface area contributed by atoms with Gasteiger partial charge in [0.1, 0.15) is 0 Å². The summed E-state index contributed by atoms with van der Waals surface area (Å²) in [6.07, 6.45) is 2.88. The highest BCUT2D eigenvalue weighted by molar-refractivity contribution is 9.11. The van der Waals surface area contributed by atoms with Gasteiger partial charge in [0.15, 0.2) is 0 Å². The van der Waals surface area contributed by atoms with Crippen LogP contribution in [0.25, 0.3) is 0 Å². The molecule has 2 nitrogen and oxygen atoms in total. The summed E-state index contributed by atoms with van der Waals surface area (Å²) >= 11 is 6.91. The van der Waals surface area contributed by atoms with Gasteiger partial charge in [-0.3, -0.25) is 4.98 Å². The minimum Gasteiger partial charge on any atom is -0.379 e. The molecule has 1 heterocycles. The van der Waals surface area contributed by atoms with Crippen LogP contribution in [0.5, 0.6) is 0 Å². The lowest BCUT2D eigenvalue weighted by atomic mass is 10.1. The van der Waals surface area contributed by atoms with Gasteiger partial charge in [0.2, 0.25) is 0 Å². The lowest BCUT2D eigenvalue weighted by Gasteiger charge is -2.08. The topological polar surface area (TPSA) is 24.9 Å². The molecular formula is C14H14Br2N2. The third-order valence-electron chi connectivity index (χ3n) is 2.71. The van der Waals surface area contributed by atoms with E-state index in [1.54, 1.807) is 0 Å². The van der Waals surface area contributed by atoms with Gasteiger partial charge in [0, 0.05) is 20.8 Å². The fourth-order valence-electron chi connectivity index (χ4n) is 1.62. The first-order valence-electron chi connectivity index (χ1n) is 5.81. The molecule has 0 fully saturated rings. The van der Waals surface area contributed by atoms with Gasteiger partial charge < -0.3 is 5.32 Å². The smallest absolute Gasteiger partial charge is 0.0737 e. The third kappa shape index (κ3) is 3.56. The van der Waals surface area contributed by atoms with E-state index in [0.717, 1.165) is 26.7 Å². The number of pyridine rings is 1. The molecule has 1 aromatic carbocycles. The van der Waals surface area contributed by atoms with Gasteiger partial charge in [-0.2, -0.15) is 0 Å². The fraction of sp³-hybridized carbons (Fsp3) is 0.214. The van der Waals surface area contributed by atoms with Gasteiger partial charge >= 0.3 is 0 Å². The van der Waals surface area contributed by atoms with Crippen molar-refractivity contribution >= 4 is 37.5 Å². The lowest BCUT2D eigenvalue weighted by molar-refractivity contribution is 1.03. The van der Waals surface area contributed by atoms with Gasteiger partial charge in [-0.05, 0) is 62.0 Å². The van der Waals surface area contributed by atoms with Crippen molar-refractivity contribution in [2.45, 2.75) is 19.9 Å². The third-order valence-corrected chi connectivity index (χ3v) is 3.83. The minimum atomic E-state index is 0.708. The Kier molecular flexibility index (Phi) is 4.78. The van der Waals surface area contributed by atoms with Crippen molar-refractivity contribution < 1.29 is 0 Å². The number of rotatable bonds is 4. The molecule has 0 atom stereocenters. The Labute approximate surface area is 124 Å². The van der Waals surface area contributed by atoms with Gasteiger partial charge in [0.25, 0.3) is 0 Å². The van der Waals surface area contributed by atoms with E-state index in [0.29, 0.717) is 6.54 Å². The van der Waals surface area contributed by atoms with E-state index in [-0.39, 0.29) is 0 Å². The Balaban J connectivity index is 2.02. The van der Waals surface area contributed by atoms with Crippen LogP contribution in [0.3, 0.4) is 0 Å². The second-order valence-electron chi connectivity index (χ2n) is 3.99. The largest absolute Gasteiger partial charge is 0.379 e. The predicted octanol–water partition coefficient (Wildman–Crippen LogP) is 4.78. The van der Waals surface area contributed by atoms with Crippen molar-refractivity contribution in [3.05, 3.63) is 56.7 Å². The first-order valence-corrected chi connectivity index (χ1v) is 7.40. The molecule has 0 aliphatic heterocycles. The summed E-state index contributed by atoms with van der Waals surface area (Å²) in [6, 6.07) is 10.5. The van der Waals surface area contributed by atoms with Gasteiger partial charge in [0.05, 0.1) is 12.2 Å². The van der Waals surface area contributed by atoms with Gasteiger partial charge in [-0.15, -0.1) is 0 Å². The molecule has 0 amide bonds. The number of anilines is 1. The van der Waals surface area contributed by atoms with Crippen LogP contribution in [-0.2, 0) is 13.0 Å². The van der Waals surface area contributed by atoms with Crippen LogP contribution < -0.4 is 5.32 Å². The molecule has 1 aromatic heterocycles. The zero-order chi connectivity index (χ0) is 13.0. The lowest BCUT2D eigenvalue weighted by Crippen LogP contribution is -2.02. The first kappa shape index (κ1) is 13.6. The maximum absolute atomic E-state index is 4.37. The summed E-state index contributed by atoms with van der Waals surface area (Å²) in [7, 11) is 0. The molecule has 0 aliphatic carbocycles. The van der Waals surface area contributed by atoms with Crippen LogP contribution in [-0.4, -0.2) is 4.98 Å². The number of nitrogens with one attached hydrogen (secondary N) is 1. The molecule has 0 unspecified atom stereocenters. The zero-order valence-corrected chi connectivity index (χ0v) is 13.3. The maximum Gasteiger partial charge on any atom is 0.0737 e. The Hall–Kier alpha value is -0.870. The number of aryl methyl sites for hydroxylation is 1. The van der Waals surface area contributed by atoms with E-state index in [1.165, 1.54) is 5.56 Å². The number of nitrogens with zero attached hydrogens (tertiary/aromatic N) is 1. The van der Waals surface area contributed by atoms with Crippen LogP contribution in [0.4, 0.5) is 5.69 Å². The highest BCUT2D eigenvalue weighted by Gasteiger charge is 2.02. The normalized spacial score (nSPS) is 10.4. The van der Waals surface area contributed by atoms with Crippen molar-refractivity contribution in [2.24, 2.45) is 0 Å². The van der Waals surface area contributed by atoms with Crippen molar-refractivity contribution in [3.63, 3.8) is 0 Å². The highest BCUT2D eigenvalue weighted by atomic mass is 79.9. The number of hydrogen-bond acceptors (Lipinski definition) is 2. The fourth-order valence-corrected chi connectivity index (χ4v) is 2.74. The molecule has 4 heteroatoms. The van der Waals surface area contributed by atoms with Crippen molar-refractivity contribution in [2.75, 3.05) is 5.32 Å². The van der Waals surface area contributed by atoms with Crippen LogP contribution in [0.1, 0.15) is 18.2 Å². The number of hydrogen-bond donors (Lipinski definition) is 1. The van der Waals surface area contributed by atoms with E-state index < -0.39 is 0 Å². The summed E-state index contributed by atoms with van der Waals surface area (Å²) in [5.41, 5.74) is 3.46. The van der Waals surface area contributed by atoms with Crippen molar-refractivity contribution in [1.29, 1.82) is 0 Å². The second-order valence-corrected chi connectivity index (χ2v) is 5.76. The molecule has 0 spiro atoms. The first-order chi connectivity index (χ1) is 8.69. The zero-order valence-electron chi connectivity index (χ0n) is 10.1. The molecule has 94 valence electrons. The summed E-state index contributed by atoms with van der Waals surface area (Å²) < 4.78 is 1.99. The maximum atomic E-state index is 4.37. The molecule has 2 rings (SSSR count). The number of benzene rings is 1. The van der Waals surface area contributed by atoms with Gasteiger partial charge in [-0.1, -0.05) is 19.1 Å². The summed E-state index contributed by atoms with van der Waals surface area (Å²) in [6.45, 7) is 2.87. The molecule has 18 heavy (non-hydrogen) atoms. The summed E-state index contributed by atoms with van der Waals surface area (Å²) in [5.74, 6) is 0. The molecule has 0 saturated carbocycles. The van der Waals surface area contributed by atoms with E-state index in [2.05, 4.69) is 73.3 Å². The number of aromatic nitrogens is 1. The van der Waals surface area contributed by atoms with E-state index >= 15 is 0 Å². The quantitative estimate of drug-likeness (QED) is 0.838. The summed E-state index contributed by atoms with van der Waals surface area (Å²) in [4.78, 5) is 4.37. The molecule has 1 N–H and O–H groups in total. The molecule has 0 bridgehead atoms. The summed E-state index contributed by atoms with van der Waals surface area (Å²) in [5, 5.41) is 3.36. The Morgan fingerprint density at radius 1 is 1.17 bits per heavy atom. The Morgan fingerprint density at radius 3 is 2.50 bits per heavy atom. The monoisotopic (exact) mass is 368 g/mol. The molecule has 0 aliphatic rings. The Bertz CT molecular complexity index is 524. The van der Waals surface area contributed by atoms with E-state index in [9.17, 15) is 0 Å². The predicted molar refractivity (Wildman–Crippen MR) is 82.8 cm³/mol. The van der Waals surface area contributed by atoms with Gasteiger partial charge in [-0.25, -0.2) is 0 Å².